The lowest BCUT2D eigenvalue weighted by Crippen LogP contribution is -2.45. The number of carbonyl (C=O) groups is 2. The molecule has 0 aliphatic rings. The van der Waals surface area contributed by atoms with Gasteiger partial charge in [0, 0.05) is 12.8 Å². The van der Waals surface area contributed by atoms with Crippen LogP contribution < -0.4 is 5.32 Å². The molecule has 338 valence electrons. The van der Waals surface area contributed by atoms with Crippen LogP contribution in [0.1, 0.15) is 277 Å². The molecule has 0 radical (unpaired) electrons. The number of rotatable bonds is 47. The van der Waals surface area contributed by atoms with Gasteiger partial charge in [-0.05, 0) is 51.4 Å². The predicted molar refractivity (Wildman–Crippen MR) is 246 cm³/mol. The van der Waals surface area contributed by atoms with Crippen LogP contribution in [0.3, 0.4) is 0 Å². The minimum Gasteiger partial charge on any atom is -0.466 e. The van der Waals surface area contributed by atoms with Crippen molar-refractivity contribution in [3.63, 3.8) is 0 Å². The van der Waals surface area contributed by atoms with Crippen molar-refractivity contribution in [3.8, 4) is 0 Å². The molecule has 0 heterocycles. The first-order chi connectivity index (χ1) is 28.0. The fourth-order valence-corrected chi connectivity index (χ4v) is 7.87. The van der Waals surface area contributed by atoms with Gasteiger partial charge in [-0.2, -0.15) is 0 Å². The number of nitrogens with one attached hydrogen (secondary N) is 1. The molecule has 0 aliphatic heterocycles. The van der Waals surface area contributed by atoms with Gasteiger partial charge >= 0.3 is 5.97 Å². The topological polar surface area (TPSA) is 95.9 Å². The third-order valence-electron chi connectivity index (χ3n) is 11.8. The van der Waals surface area contributed by atoms with Crippen molar-refractivity contribution in [1.29, 1.82) is 0 Å². The molecule has 3 N–H and O–H groups in total. The number of esters is 1. The van der Waals surface area contributed by atoms with Gasteiger partial charge in [-0.1, -0.05) is 225 Å². The van der Waals surface area contributed by atoms with E-state index in [0.29, 0.717) is 25.9 Å². The Morgan fingerprint density at radius 1 is 0.474 bits per heavy atom. The SMILES string of the molecule is CCCCCCCCCCCCCCCCC(O)C(CO)NC(=O)CCCCC/C=C\CCCCCCCCOC(=O)CCCCCCCCCCCCCCC. The van der Waals surface area contributed by atoms with Crippen LogP contribution in [-0.2, 0) is 14.3 Å². The zero-order valence-corrected chi connectivity index (χ0v) is 38.3. The summed E-state index contributed by atoms with van der Waals surface area (Å²) in [5.74, 6) is -0.0750. The van der Waals surface area contributed by atoms with Gasteiger partial charge in [-0.15, -0.1) is 0 Å². The van der Waals surface area contributed by atoms with Gasteiger partial charge < -0.3 is 20.3 Å². The fraction of sp³-hybridized carbons (Fsp3) is 0.922. The molecule has 0 aromatic carbocycles. The van der Waals surface area contributed by atoms with Crippen molar-refractivity contribution in [2.75, 3.05) is 13.2 Å². The normalized spacial score (nSPS) is 12.7. The lowest BCUT2D eigenvalue weighted by Gasteiger charge is -2.22. The highest BCUT2D eigenvalue weighted by molar-refractivity contribution is 5.76. The second-order valence-electron chi connectivity index (χ2n) is 17.5. The highest BCUT2D eigenvalue weighted by Gasteiger charge is 2.20. The Bertz CT molecular complexity index is 847. The Kier molecular flexibility index (Phi) is 46.1. The van der Waals surface area contributed by atoms with Crippen molar-refractivity contribution >= 4 is 11.9 Å². The van der Waals surface area contributed by atoms with Crippen LogP contribution in [0.15, 0.2) is 12.2 Å². The Morgan fingerprint density at radius 2 is 0.825 bits per heavy atom. The monoisotopic (exact) mass is 806 g/mol. The summed E-state index contributed by atoms with van der Waals surface area (Å²) < 4.78 is 5.45. The molecule has 0 saturated heterocycles. The lowest BCUT2D eigenvalue weighted by molar-refractivity contribution is -0.143. The Labute approximate surface area is 355 Å². The summed E-state index contributed by atoms with van der Waals surface area (Å²) in [6.07, 6.45) is 53.2. The van der Waals surface area contributed by atoms with E-state index in [1.54, 1.807) is 0 Å². The first-order valence-corrected chi connectivity index (χ1v) is 25.4. The van der Waals surface area contributed by atoms with Crippen LogP contribution in [0.4, 0.5) is 0 Å². The van der Waals surface area contributed by atoms with Gasteiger partial charge in [0.05, 0.1) is 25.4 Å². The largest absolute Gasteiger partial charge is 0.466 e. The summed E-state index contributed by atoms with van der Waals surface area (Å²) in [4.78, 5) is 24.4. The Balaban J connectivity index is 3.49. The number of hydrogen-bond acceptors (Lipinski definition) is 5. The number of unbranched alkanes of at least 4 members (excludes halogenated alkanes) is 34. The lowest BCUT2D eigenvalue weighted by atomic mass is 10.0. The average Bonchev–Trinajstić information content (AvgIpc) is 3.21. The number of hydrogen-bond donors (Lipinski definition) is 3. The minimum absolute atomic E-state index is 0.0109. The molecule has 2 unspecified atom stereocenters. The first kappa shape index (κ1) is 55.6. The van der Waals surface area contributed by atoms with E-state index in [0.717, 1.165) is 70.6 Å². The van der Waals surface area contributed by atoms with E-state index in [9.17, 15) is 19.8 Å². The van der Waals surface area contributed by atoms with Gasteiger partial charge in [0.2, 0.25) is 5.91 Å². The van der Waals surface area contributed by atoms with Gasteiger partial charge in [0.1, 0.15) is 0 Å². The molecule has 0 aromatic rings. The molecule has 0 saturated carbocycles. The summed E-state index contributed by atoms with van der Waals surface area (Å²) in [7, 11) is 0. The molecule has 57 heavy (non-hydrogen) atoms. The van der Waals surface area contributed by atoms with Crippen molar-refractivity contribution in [3.05, 3.63) is 12.2 Å². The Hall–Kier alpha value is -1.40. The van der Waals surface area contributed by atoms with E-state index in [1.807, 2.05) is 0 Å². The summed E-state index contributed by atoms with van der Waals surface area (Å²) in [6.45, 7) is 4.91. The second kappa shape index (κ2) is 47.3. The van der Waals surface area contributed by atoms with Crippen LogP contribution in [0.2, 0.25) is 0 Å². The van der Waals surface area contributed by atoms with E-state index in [1.165, 1.54) is 173 Å². The molecule has 0 bridgehead atoms. The molecule has 6 heteroatoms. The van der Waals surface area contributed by atoms with Crippen LogP contribution in [0.5, 0.6) is 0 Å². The summed E-state index contributed by atoms with van der Waals surface area (Å²) in [5, 5.41) is 23.2. The van der Waals surface area contributed by atoms with Crippen LogP contribution in [0, 0.1) is 0 Å². The van der Waals surface area contributed by atoms with Gasteiger partial charge in [0.25, 0.3) is 0 Å². The summed E-state index contributed by atoms with van der Waals surface area (Å²) >= 11 is 0. The highest BCUT2D eigenvalue weighted by Crippen LogP contribution is 2.16. The second-order valence-corrected chi connectivity index (χ2v) is 17.5. The third kappa shape index (κ3) is 44.0. The van der Waals surface area contributed by atoms with Crippen LogP contribution >= 0.6 is 0 Å². The van der Waals surface area contributed by atoms with E-state index >= 15 is 0 Å². The molecule has 0 rings (SSSR count). The number of aliphatic hydroxyl groups is 2. The van der Waals surface area contributed by atoms with Crippen LogP contribution in [0.25, 0.3) is 0 Å². The van der Waals surface area contributed by atoms with Crippen molar-refractivity contribution in [2.24, 2.45) is 0 Å². The Morgan fingerprint density at radius 3 is 1.26 bits per heavy atom. The predicted octanol–water partition coefficient (Wildman–Crippen LogP) is 15.0. The smallest absolute Gasteiger partial charge is 0.305 e. The number of amides is 1. The number of ether oxygens (including phenoxy) is 1. The number of carbonyl (C=O) groups excluding carboxylic acids is 2. The first-order valence-electron chi connectivity index (χ1n) is 25.4. The zero-order valence-electron chi connectivity index (χ0n) is 38.3. The highest BCUT2D eigenvalue weighted by atomic mass is 16.5. The molecule has 2 atom stereocenters. The third-order valence-corrected chi connectivity index (χ3v) is 11.8. The fourth-order valence-electron chi connectivity index (χ4n) is 7.87. The van der Waals surface area contributed by atoms with Gasteiger partial charge in [0.15, 0.2) is 0 Å². The van der Waals surface area contributed by atoms with E-state index in [4.69, 9.17) is 4.74 Å². The summed E-state index contributed by atoms with van der Waals surface area (Å²) in [6, 6.07) is -0.560. The maximum Gasteiger partial charge on any atom is 0.305 e. The quantitative estimate of drug-likeness (QED) is 0.0323. The average molecular weight is 806 g/mol. The standard InChI is InChI=1S/C51H99NO5/c1-3-5-7-9-11-13-15-17-20-23-27-31-35-39-43-49(54)48(47-53)52-50(55)44-40-36-32-28-24-21-18-22-26-30-34-38-42-46-57-51(56)45-41-37-33-29-25-19-16-14-12-10-8-6-4-2/h21,24,48-49,53-54H,3-20,22-23,25-47H2,1-2H3,(H,52,55)/b24-21-. The minimum atomic E-state index is -0.679. The van der Waals surface area contributed by atoms with E-state index in [2.05, 4.69) is 31.3 Å². The molecule has 6 nitrogen and oxygen atoms in total. The summed E-state index contributed by atoms with van der Waals surface area (Å²) in [5.41, 5.74) is 0. The van der Waals surface area contributed by atoms with E-state index < -0.39 is 12.1 Å². The van der Waals surface area contributed by atoms with Crippen LogP contribution in [-0.4, -0.2) is 47.4 Å². The zero-order chi connectivity index (χ0) is 41.5. The van der Waals surface area contributed by atoms with E-state index in [-0.39, 0.29) is 18.5 Å². The maximum atomic E-state index is 12.4. The number of aliphatic hydroxyl groups excluding tert-OH is 2. The molecular weight excluding hydrogens is 707 g/mol. The molecule has 0 aromatic heterocycles. The molecule has 0 aliphatic carbocycles. The molecular formula is C51H99NO5. The molecule has 0 spiro atoms. The van der Waals surface area contributed by atoms with Crippen molar-refractivity contribution in [2.45, 2.75) is 289 Å². The van der Waals surface area contributed by atoms with Gasteiger partial charge in [-0.3, -0.25) is 9.59 Å². The molecule has 1 amide bonds. The maximum absolute atomic E-state index is 12.4. The van der Waals surface area contributed by atoms with Crippen molar-refractivity contribution in [1.82, 2.24) is 5.32 Å². The van der Waals surface area contributed by atoms with Gasteiger partial charge in [-0.25, -0.2) is 0 Å². The molecule has 0 fully saturated rings. The number of allylic oxidation sites excluding steroid dienone is 2. The van der Waals surface area contributed by atoms with Crippen molar-refractivity contribution < 1.29 is 24.5 Å².